The summed E-state index contributed by atoms with van der Waals surface area (Å²) in [5, 5.41) is 12.7. The van der Waals surface area contributed by atoms with Crippen molar-refractivity contribution >= 4 is 23.0 Å². The Morgan fingerprint density at radius 2 is 1.68 bits per heavy atom. The number of fused-ring (bicyclic) bond motifs is 1. The van der Waals surface area contributed by atoms with Gasteiger partial charge in [0, 0.05) is 30.3 Å². The predicted octanol–water partition coefficient (Wildman–Crippen LogP) is 5.33. The van der Waals surface area contributed by atoms with Crippen LogP contribution in [0.3, 0.4) is 0 Å². The summed E-state index contributed by atoms with van der Waals surface area (Å²) in [6.07, 6.45) is 2.93. The van der Waals surface area contributed by atoms with Crippen molar-refractivity contribution < 1.29 is 14.2 Å². The number of anilines is 2. The lowest BCUT2D eigenvalue weighted by molar-refractivity contribution is 0.238. The van der Waals surface area contributed by atoms with Gasteiger partial charge in [-0.05, 0) is 66.1 Å². The lowest BCUT2D eigenvalue weighted by Crippen LogP contribution is -2.33. The van der Waals surface area contributed by atoms with Gasteiger partial charge in [-0.1, -0.05) is 28.9 Å². The van der Waals surface area contributed by atoms with Crippen molar-refractivity contribution in [3.8, 4) is 17.2 Å². The van der Waals surface area contributed by atoms with Gasteiger partial charge in [-0.15, -0.1) is 5.10 Å². The van der Waals surface area contributed by atoms with Crippen molar-refractivity contribution in [2.45, 2.75) is 26.1 Å². The number of nitrogens with one attached hydrogen (secondary N) is 1. The zero-order chi connectivity index (χ0) is 25.6. The minimum Gasteiger partial charge on any atom is -0.493 e. The van der Waals surface area contributed by atoms with Crippen molar-refractivity contribution in [3.05, 3.63) is 88.7 Å². The van der Waals surface area contributed by atoms with E-state index in [1.807, 2.05) is 59.4 Å². The normalized spacial score (nSPS) is 13.2. The number of methoxy groups -OCH3 is 2. The molecule has 0 saturated heterocycles. The zero-order valence-electron chi connectivity index (χ0n) is 21.0. The van der Waals surface area contributed by atoms with Gasteiger partial charge in [-0.25, -0.2) is 0 Å². The molecule has 0 atom stereocenters. The van der Waals surface area contributed by atoms with Crippen LogP contribution in [0.1, 0.15) is 16.8 Å². The van der Waals surface area contributed by atoms with E-state index in [0.717, 1.165) is 66.9 Å². The maximum Gasteiger partial charge on any atom is 0.161 e. The van der Waals surface area contributed by atoms with E-state index in [-0.39, 0.29) is 0 Å². The number of hydrogen-bond donors (Lipinski definition) is 1. The van der Waals surface area contributed by atoms with Gasteiger partial charge in [0.05, 0.1) is 32.6 Å². The minimum absolute atomic E-state index is 0.331. The second-order valence-corrected chi connectivity index (χ2v) is 9.33. The van der Waals surface area contributed by atoms with Crippen LogP contribution in [-0.2, 0) is 26.1 Å². The molecule has 1 N–H and O–H groups in total. The summed E-state index contributed by atoms with van der Waals surface area (Å²) in [6, 6.07) is 19.6. The second kappa shape index (κ2) is 11.5. The van der Waals surface area contributed by atoms with Crippen LogP contribution in [0.25, 0.3) is 0 Å². The topological polar surface area (TPSA) is 73.7 Å². The number of para-hydroxylation sites is 2. The van der Waals surface area contributed by atoms with Crippen LogP contribution < -0.4 is 19.5 Å². The summed E-state index contributed by atoms with van der Waals surface area (Å²) in [5.74, 6) is 2.30. The van der Waals surface area contributed by atoms with E-state index < -0.39 is 0 Å². The number of hydrogen-bond acceptors (Lipinski definition) is 7. The molecule has 5 rings (SSSR count). The average molecular weight is 520 g/mol. The van der Waals surface area contributed by atoms with E-state index in [1.54, 1.807) is 14.2 Å². The number of benzene rings is 3. The molecule has 0 unspecified atom stereocenters. The van der Waals surface area contributed by atoms with Gasteiger partial charge in [0.1, 0.15) is 18.1 Å². The fourth-order valence-corrected chi connectivity index (χ4v) is 4.55. The molecule has 0 aliphatic carbocycles. The first-order valence-corrected chi connectivity index (χ1v) is 12.6. The molecule has 2 heterocycles. The summed E-state index contributed by atoms with van der Waals surface area (Å²) in [4.78, 5) is 2.42. The maximum atomic E-state index is 6.07. The second-order valence-electron chi connectivity index (χ2n) is 8.89. The van der Waals surface area contributed by atoms with E-state index in [1.165, 1.54) is 11.1 Å². The van der Waals surface area contributed by atoms with Crippen LogP contribution in [-0.4, -0.2) is 47.2 Å². The van der Waals surface area contributed by atoms with E-state index >= 15 is 0 Å². The molecule has 8 nitrogen and oxygen atoms in total. The van der Waals surface area contributed by atoms with Gasteiger partial charge in [0.25, 0.3) is 0 Å². The Kier molecular flexibility index (Phi) is 7.77. The molecule has 0 spiro atoms. The number of aromatic nitrogens is 3. The Bertz CT molecular complexity index is 1340. The monoisotopic (exact) mass is 519 g/mol. The number of nitrogens with zero attached hydrogens (tertiary/aromatic N) is 4. The molecule has 0 bridgehead atoms. The number of ether oxygens (including phenoxy) is 3. The quantitative estimate of drug-likeness (QED) is 0.303. The summed E-state index contributed by atoms with van der Waals surface area (Å²) in [5.41, 5.74) is 5.19. The lowest BCUT2D eigenvalue weighted by atomic mass is 9.99. The van der Waals surface area contributed by atoms with Crippen LogP contribution in [0.4, 0.5) is 11.4 Å². The Morgan fingerprint density at radius 3 is 2.46 bits per heavy atom. The first-order chi connectivity index (χ1) is 18.1. The van der Waals surface area contributed by atoms with Crippen LogP contribution >= 0.6 is 11.6 Å². The van der Waals surface area contributed by atoms with E-state index in [9.17, 15) is 0 Å². The third-order valence-electron chi connectivity index (χ3n) is 6.41. The summed E-state index contributed by atoms with van der Waals surface area (Å²) < 4.78 is 18.9. The van der Waals surface area contributed by atoms with Gasteiger partial charge in [0.15, 0.2) is 11.5 Å². The van der Waals surface area contributed by atoms with E-state index in [2.05, 4.69) is 32.7 Å². The molecule has 1 aliphatic heterocycles. The first kappa shape index (κ1) is 24.9. The van der Waals surface area contributed by atoms with E-state index in [0.29, 0.717) is 11.6 Å². The average Bonchev–Trinajstić information content (AvgIpc) is 3.39. The molecule has 0 amide bonds. The van der Waals surface area contributed by atoms with Crippen molar-refractivity contribution in [3.63, 3.8) is 0 Å². The highest BCUT2D eigenvalue weighted by Gasteiger charge is 2.19. The summed E-state index contributed by atoms with van der Waals surface area (Å²) in [6.45, 7) is 3.83. The smallest absolute Gasteiger partial charge is 0.161 e. The third-order valence-corrected chi connectivity index (χ3v) is 6.67. The molecule has 3 aromatic carbocycles. The zero-order valence-corrected chi connectivity index (χ0v) is 21.7. The largest absolute Gasteiger partial charge is 0.493 e. The number of rotatable bonds is 10. The molecular formula is C28H30ClN5O3. The maximum absolute atomic E-state index is 6.07. The van der Waals surface area contributed by atoms with Gasteiger partial charge in [-0.2, -0.15) is 0 Å². The molecule has 1 aliphatic rings. The summed E-state index contributed by atoms with van der Waals surface area (Å²) >= 11 is 5.99. The highest BCUT2D eigenvalue weighted by molar-refractivity contribution is 6.30. The summed E-state index contributed by atoms with van der Waals surface area (Å²) in [7, 11) is 3.35. The van der Waals surface area contributed by atoms with Crippen molar-refractivity contribution in [1.29, 1.82) is 0 Å². The van der Waals surface area contributed by atoms with Crippen LogP contribution in [0.15, 0.2) is 66.9 Å². The molecule has 4 aromatic rings. The first-order valence-electron chi connectivity index (χ1n) is 12.2. The molecule has 9 heteroatoms. The third kappa shape index (κ3) is 6.15. The Balaban J connectivity index is 1.15. The number of halogens is 1. The van der Waals surface area contributed by atoms with Crippen LogP contribution in [0.5, 0.6) is 17.2 Å². The van der Waals surface area contributed by atoms with E-state index in [4.69, 9.17) is 25.8 Å². The van der Waals surface area contributed by atoms with Crippen molar-refractivity contribution in [1.82, 2.24) is 19.9 Å². The Labute approximate surface area is 221 Å². The van der Waals surface area contributed by atoms with Gasteiger partial charge in [0.2, 0.25) is 0 Å². The van der Waals surface area contributed by atoms with Crippen molar-refractivity contribution in [2.24, 2.45) is 0 Å². The Morgan fingerprint density at radius 1 is 0.919 bits per heavy atom. The lowest BCUT2D eigenvalue weighted by Gasteiger charge is -2.29. The minimum atomic E-state index is 0.331. The van der Waals surface area contributed by atoms with Gasteiger partial charge < -0.3 is 19.5 Å². The molecule has 192 valence electrons. The molecule has 0 saturated carbocycles. The molecule has 37 heavy (non-hydrogen) atoms. The fraction of sp³-hybridized carbons (Fsp3) is 0.286. The SMILES string of the molecule is COc1cc2c(cc1OC)CN(CCn1cc(COc3ccccc3Nc3ccc(Cl)cc3)nn1)CC2. The van der Waals surface area contributed by atoms with Crippen molar-refractivity contribution in [2.75, 3.05) is 32.6 Å². The van der Waals surface area contributed by atoms with Crippen LogP contribution in [0, 0.1) is 0 Å². The standard InChI is InChI=1S/C28H30ClN5O3/c1-35-27-15-20-11-12-33(17-21(20)16-28(27)36-2)13-14-34-18-24(31-32-34)19-37-26-6-4-3-5-25(26)30-23-9-7-22(29)8-10-23/h3-10,15-16,18,30H,11-14,17,19H2,1-2H3. The molecule has 0 fully saturated rings. The molecule has 0 radical (unpaired) electrons. The fourth-order valence-electron chi connectivity index (χ4n) is 4.43. The van der Waals surface area contributed by atoms with Crippen LogP contribution in [0.2, 0.25) is 5.02 Å². The predicted molar refractivity (Wildman–Crippen MR) is 144 cm³/mol. The highest BCUT2D eigenvalue weighted by atomic mass is 35.5. The molecule has 1 aromatic heterocycles. The highest BCUT2D eigenvalue weighted by Crippen LogP contribution is 2.33. The Hall–Kier alpha value is -3.75. The molecular weight excluding hydrogens is 490 g/mol. The van der Waals surface area contributed by atoms with Gasteiger partial charge >= 0.3 is 0 Å². The van der Waals surface area contributed by atoms with Gasteiger partial charge in [-0.3, -0.25) is 9.58 Å².